The second-order valence-corrected chi connectivity index (χ2v) is 6.31. The molecule has 0 saturated carbocycles. The van der Waals surface area contributed by atoms with Crippen LogP contribution in [0.1, 0.15) is 0 Å². The SMILES string of the molecule is O=P(CCO)(CCO)c1ccccc1. The van der Waals surface area contributed by atoms with Gasteiger partial charge in [0.25, 0.3) is 0 Å². The van der Waals surface area contributed by atoms with Crippen LogP contribution in [0.25, 0.3) is 0 Å². The van der Waals surface area contributed by atoms with Crippen LogP contribution in [0.3, 0.4) is 0 Å². The Kier molecular flexibility index (Phi) is 4.33. The van der Waals surface area contributed by atoms with Crippen LogP contribution in [0.2, 0.25) is 0 Å². The summed E-state index contributed by atoms with van der Waals surface area (Å²) in [6.07, 6.45) is 0.495. The van der Waals surface area contributed by atoms with Crippen molar-refractivity contribution < 1.29 is 14.8 Å². The van der Waals surface area contributed by atoms with Crippen LogP contribution in [0.4, 0.5) is 0 Å². The molecule has 0 aliphatic carbocycles. The normalized spacial score (nSPS) is 11.6. The molecule has 3 nitrogen and oxygen atoms in total. The van der Waals surface area contributed by atoms with Gasteiger partial charge >= 0.3 is 0 Å². The smallest absolute Gasteiger partial charge is 0.120 e. The van der Waals surface area contributed by atoms with Gasteiger partial charge in [-0.15, -0.1) is 0 Å². The Balaban J connectivity index is 2.94. The summed E-state index contributed by atoms with van der Waals surface area (Å²) in [4.78, 5) is 0. The molecule has 78 valence electrons. The van der Waals surface area contributed by atoms with Crippen LogP contribution in [-0.4, -0.2) is 35.8 Å². The van der Waals surface area contributed by atoms with E-state index in [1.54, 1.807) is 12.1 Å². The van der Waals surface area contributed by atoms with Gasteiger partial charge in [0.1, 0.15) is 7.14 Å². The fourth-order valence-electron chi connectivity index (χ4n) is 1.39. The lowest BCUT2D eigenvalue weighted by Crippen LogP contribution is -2.14. The van der Waals surface area contributed by atoms with Gasteiger partial charge in [-0.2, -0.15) is 0 Å². The molecule has 2 N–H and O–H groups in total. The van der Waals surface area contributed by atoms with E-state index >= 15 is 0 Å². The van der Waals surface area contributed by atoms with Crippen LogP contribution in [0, 0.1) is 0 Å². The molecule has 4 heteroatoms. The number of rotatable bonds is 5. The highest BCUT2D eigenvalue weighted by atomic mass is 31.2. The number of hydrogen-bond acceptors (Lipinski definition) is 3. The van der Waals surface area contributed by atoms with E-state index in [2.05, 4.69) is 0 Å². The third-order valence-electron chi connectivity index (χ3n) is 2.15. The summed E-state index contributed by atoms with van der Waals surface area (Å²) < 4.78 is 12.3. The molecule has 0 aliphatic heterocycles. The van der Waals surface area contributed by atoms with Crippen LogP contribution in [0.5, 0.6) is 0 Å². The number of aliphatic hydroxyl groups excluding tert-OH is 2. The molecule has 0 saturated heterocycles. The summed E-state index contributed by atoms with van der Waals surface area (Å²) in [5, 5.41) is 18.4. The van der Waals surface area contributed by atoms with E-state index in [1.807, 2.05) is 18.2 Å². The third-order valence-corrected chi connectivity index (χ3v) is 5.23. The van der Waals surface area contributed by atoms with Crippen molar-refractivity contribution in [2.24, 2.45) is 0 Å². The second kappa shape index (κ2) is 5.30. The molecule has 1 rings (SSSR count). The highest BCUT2D eigenvalue weighted by Gasteiger charge is 2.22. The first-order valence-corrected chi connectivity index (χ1v) is 6.66. The lowest BCUT2D eigenvalue weighted by atomic mass is 10.4. The lowest BCUT2D eigenvalue weighted by Gasteiger charge is -2.16. The Bertz CT molecular complexity index is 300. The minimum Gasteiger partial charge on any atom is -0.396 e. The molecule has 1 aromatic rings. The van der Waals surface area contributed by atoms with E-state index < -0.39 is 7.14 Å². The van der Waals surface area contributed by atoms with Crippen LogP contribution in [0.15, 0.2) is 30.3 Å². The summed E-state index contributed by atoms with van der Waals surface area (Å²) >= 11 is 0. The molecule has 14 heavy (non-hydrogen) atoms. The quantitative estimate of drug-likeness (QED) is 0.708. The monoisotopic (exact) mass is 214 g/mol. The maximum Gasteiger partial charge on any atom is 0.120 e. The van der Waals surface area contributed by atoms with Crippen molar-refractivity contribution in [3.8, 4) is 0 Å². The first-order chi connectivity index (χ1) is 6.73. The minimum absolute atomic E-state index is 0.105. The molecule has 0 amide bonds. The molecule has 0 spiro atoms. The lowest BCUT2D eigenvalue weighted by molar-refractivity contribution is 0.312. The number of hydrogen-bond donors (Lipinski definition) is 2. The maximum atomic E-state index is 12.3. The highest BCUT2D eigenvalue weighted by Crippen LogP contribution is 2.42. The van der Waals surface area contributed by atoms with E-state index in [4.69, 9.17) is 10.2 Å². The molecule has 0 atom stereocenters. The number of benzene rings is 1. The Morgan fingerprint density at radius 3 is 1.93 bits per heavy atom. The summed E-state index contributed by atoms with van der Waals surface area (Å²) in [6, 6.07) is 9.05. The van der Waals surface area contributed by atoms with Gasteiger partial charge in [0.05, 0.1) is 13.2 Å². The van der Waals surface area contributed by atoms with Gasteiger partial charge < -0.3 is 14.8 Å². The van der Waals surface area contributed by atoms with Crippen LogP contribution >= 0.6 is 7.14 Å². The molecule has 0 bridgehead atoms. The third kappa shape index (κ3) is 2.68. The van der Waals surface area contributed by atoms with Crippen molar-refractivity contribution in [3.63, 3.8) is 0 Å². The zero-order valence-corrected chi connectivity index (χ0v) is 8.86. The molecule has 0 fully saturated rings. The molecule has 0 radical (unpaired) electrons. The van der Waals surface area contributed by atoms with Crippen molar-refractivity contribution >= 4 is 12.4 Å². The standard InChI is InChI=1S/C10H15O3P/c11-6-8-14(13,9-7-12)10-4-2-1-3-5-10/h1-5,11-12H,6-9H2. The number of aliphatic hydroxyl groups is 2. The average Bonchev–Trinajstić information content (AvgIpc) is 2.20. The topological polar surface area (TPSA) is 57.5 Å². The first kappa shape index (κ1) is 11.4. The van der Waals surface area contributed by atoms with E-state index in [9.17, 15) is 4.57 Å². The molecule has 1 aromatic carbocycles. The van der Waals surface area contributed by atoms with Crippen molar-refractivity contribution in [1.82, 2.24) is 0 Å². The second-order valence-electron chi connectivity index (χ2n) is 3.12. The summed E-state index contributed by atoms with van der Waals surface area (Å²) in [5.74, 6) is 0. The zero-order valence-electron chi connectivity index (χ0n) is 7.97. The Labute approximate surface area is 83.8 Å². The first-order valence-electron chi connectivity index (χ1n) is 4.58. The molecule has 0 unspecified atom stereocenters. The van der Waals surface area contributed by atoms with Gasteiger partial charge in [-0.1, -0.05) is 30.3 Å². The van der Waals surface area contributed by atoms with Gasteiger partial charge in [0.2, 0.25) is 0 Å². The highest BCUT2D eigenvalue weighted by molar-refractivity contribution is 7.71. The van der Waals surface area contributed by atoms with Crippen molar-refractivity contribution in [2.75, 3.05) is 25.5 Å². The van der Waals surface area contributed by atoms with Gasteiger partial charge in [-0.3, -0.25) is 0 Å². The van der Waals surface area contributed by atoms with E-state index in [0.717, 1.165) is 5.30 Å². The maximum absolute atomic E-state index is 12.3. The Hall–Kier alpha value is -0.630. The fourth-order valence-corrected chi connectivity index (χ4v) is 3.49. The van der Waals surface area contributed by atoms with E-state index in [0.29, 0.717) is 0 Å². The molecular weight excluding hydrogens is 199 g/mol. The summed E-state index contributed by atoms with van der Waals surface area (Å²) in [5.41, 5.74) is 0. The van der Waals surface area contributed by atoms with Crippen molar-refractivity contribution in [3.05, 3.63) is 30.3 Å². The fraction of sp³-hybridized carbons (Fsp3) is 0.400. The van der Waals surface area contributed by atoms with Gasteiger partial charge in [-0.25, -0.2) is 0 Å². The minimum atomic E-state index is -2.57. The predicted octanol–water partition coefficient (Wildman–Crippen LogP) is 0.660. The van der Waals surface area contributed by atoms with Gasteiger partial charge in [0.15, 0.2) is 0 Å². The average molecular weight is 214 g/mol. The van der Waals surface area contributed by atoms with Crippen LogP contribution in [-0.2, 0) is 4.57 Å². The van der Waals surface area contributed by atoms with E-state index in [1.165, 1.54) is 0 Å². The van der Waals surface area contributed by atoms with Crippen LogP contribution < -0.4 is 5.30 Å². The van der Waals surface area contributed by atoms with Gasteiger partial charge in [-0.05, 0) is 0 Å². The predicted molar refractivity (Wildman–Crippen MR) is 57.6 cm³/mol. The summed E-state index contributed by atoms with van der Waals surface area (Å²) in [6.45, 7) is -0.210. The Morgan fingerprint density at radius 2 is 1.50 bits per heavy atom. The molecular formula is C10H15O3P. The molecule has 0 heterocycles. The molecule has 0 aromatic heterocycles. The summed E-state index contributed by atoms with van der Waals surface area (Å²) in [7, 11) is -2.57. The largest absolute Gasteiger partial charge is 0.396 e. The molecule has 0 aliphatic rings. The van der Waals surface area contributed by atoms with E-state index in [-0.39, 0.29) is 25.5 Å². The zero-order chi connectivity index (χ0) is 10.4. The van der Waals surface area contributed by atoms with Crippen molar-refractivity contribution in [1.29, 1.82) is 0 Å². The van der Waals surface area contributed by atoms with Gasteiger partial charge in [0, 0.05) is 17.6 Å². The Morgan fingerprint density at radius 1 is 1.00 bits per heavy atom. The van der Waals surface area contributed by atoms with Crippen molar-refractivity contribution in [2.45, 2.75) is 0 Å².